The van der Waals surface area contributed by atoms with Crippen molar-refractivity contribution < 1.29 is 4.74 Å². The zero-order chi connectivity index (χ0) is 20.4. The molecule has 0 aliphatic heterocycles. The second-order valence-electron chi connectivity index (χ2n) is 7.41. The number of aromatic nitrogens is 1. The van der Waals surface area contributed by atoms with Crippen LogP contribution in [0.4, 0.5) is 0 Å². The van der Waals surface area contributed by atoms with E-state index >= 15 is 0 Å². The summed E-state index contributed by atoms with van der Waals surface area (Å²) in [4.78, 5) is 31.7. The van der Waals surface area contributed by atoms with Gasteiger partial charge in [-0.1, -0.05) is 60.7 Å². The van der Waals surface area contributed by atoms with Gasteiger partial charge in [-0.3, -0.25) is 9.59 Å². The zero-order valence-electron chi connectivity index (χ0n) is 16.1. The highest BCUT2D eigenvalue weighted by Gasteiger charge is 2.23. The minimum absolute atomic E-state index is 0.0922. The molecule has 4 nitrogen and oxygen atoms in total. The van der Waals surface area contributed by atoms with Crippen molar-refractivity contribution in [1.82, 2.24) is 4.98 Å². The van der Waals surface area contributed by atoms with Crippen molar-refractivity contribution in [3.8, 4) is 16.9 Å². The van der Waals surface area contributed by atoms with Gasteiger partial charge in [-0.2, -0.15) is 0 Å². The van der Waals surface area contributed by atoms with E-state index < -0.39 is 0 Å². The lowest BCUT2D eigenvalue weighted by molar-refractivity contribution is 0.415. The molecule has 0 amide bonds. The van der Waals surface area contributed by atoms with E-state index in [-0.39, 0.29) is 10.9 Å². The van der Waals surface area contributed by atoms with Crippen molar-refractivity contribution in [2.75, 3.05) is 7.11 Å². The van der Waals surface area contributed by atoms with Gasteiger partial charge in [0.25, 0.3) is 0 Å². The molecule has 0 fully saturated rings. The summed E-state index contributed by atoms with van der Waals surface area (Å²) in [5.74, 6) is 0.713. The number of nitrogens with zero attached hydrogens (tertiary/aromatic N) is 1. The Morgan fingerprint density at radius 3 is 1.57 bits per heavy atom. The average molecular weight is 389 g/mol. The zero-order valence-corrected chi connectivity index (χ0v) is 16.1. The van der Waals surface area contributed by atoms with E-state index in [0.717, 1.165) is 16.3 Å². The lowest BCUT2D eigenvalue weighted by Crippen LogP contribution is -2.02. The molecule has 0 saturated carbocycles. The summed E-state index contributed by atoms with van der Waals surface area (Å²) in [7, 11) is 1.61. The van der Waals surface area contributed by atoms with Crippen LogP contribution in [0.25, 0.3) is 54.5 Å². The van der Waals surface area contributed by atoms with Crippen molar-refractivity contribution in [3.63, 3.8) is 0 Å². The Kier molecular flexibility index (Phi) is 3.36. The van der Waals surface area contributed by atoms with Gasteiger partial charge in [0.05, 0.1) is 28.9 Å². The summed E-state index contributed by atoms with van der Waals surface area (Å²) in [5, 5.41) is 3.87. The first-order valence-electron chi connectivity index (χ1n) is 9.69. The number of benzene rings is 3. The second kappa shape index (κ2) is 5.97. The third kappa shape index (κ3) is 2.08. The molecule has 0 atom stereocenters. The van der Waals surface area contributed by atoms with Crippen LogP contribution >= 0.6 is 0 Å². The van der Waals surface area contributed by atoms with Crippen molar-refractivity contribution >= 4 is 43.4 Å². The first-order chi connectivity index (χ1) is 14.7. The van der Waals surface area contributed by atoms with Crippen molar-refractivity contribution in [3.05, 3.63) is 93.2 Å². The fraction of sp³-hybridized carbons (Fsp3) is 0.0385. The fourth-order valence-electron chi connectivity index (χ4n) is 4.51. The summed E-state index contributed by atoms with van der Waals surface area (Å²) >= 11 is 0. The Balaban J connectivity index is 1.93. The van der Waals surface area contributed by atoms with Crippen LogP contribution in [0.5, 0.6) is 5.75 Å². The van der Waals surface area contributed by atoms with E-state index in [2.05, 4.69) is 0 Å². The molecule has 0 spiro atoms. The molecule has 0 aliphatic carbocycles. The molecule has 0 aliphatic rings. The van der Waals surface area contributed by atoms with E-state index in [4.69, 9.17) is 9.72 Å². The molecule has 5 aromatic carbocycles. The number of hydrogen-bond donors (Lipinski definition) is 0. The Hall–Kier alpha value is -4.05. The maximum absolute atomic E-state index is 13.4. The van der Waals surface area contributed by atoms with Crippen LogP contribution in [-0.4, -0.2) is 12.1 Å². The lowest BCUT2D eigenvalue weighted by Gasteiger charge is -2.07. The standard InChI is InChI=1S/C26H15NO3/c1-30-15-12-10-14(11-13-15)20-21-23(16-6-2-4-8-18(16)25(21)28)27-24-17-7-3-5-9-19(17)26(29)22(20)24/h2-13H,1H3. The minimum Gasteiger partial charge on any atom is -0.497 e. The van der Waals surface area contributed by atoms with Gasteiger partial charge in [0.2, 0.25) is 0 Å². The summed E-state index contributed by atoms with van der Waals surface area (Å²) in [6, 6.07) is 22.4. The normalized spacial score (nSPS) is 11.8. The minimum atomic E-state index is -0.0922. The van der Waals surface area contributed by atoms with E-state index in [1.54, 1.807) is 7.11 Å². The van der Waals surface area contributed by atoms with E-state index in [1.807, 2.05) is 72.8 Å². The molecule has 1 aromatic heterocycles. The van der Waals surface area contributed by atoms with Crippen LogP contribution in [0.2, 0.25) is 0 Å². The van der Waals surface area contributed by atoms with Crippen molar-refractivity contribution in [2.24, 2.45) is 0 Å². The van der Waals surface area contributed by atoms with Gasteiger partial charge >= 0.3 is 0 Å². The van der Waals surface area contributed by atoms with Crippen molar-refractivity contribution in [2.45, 2.75) is 0 Å². The van der Waals surface area contributed by atoms with Crippen LogP contribution in [0.3, 0.4) is 0 Å². The van der Waals surface area contributed by atoms with Gasteiger partial charge in [0.1, 0.15) is 5.75 Å². The topological polar surface area (TPSA) is 56.3 Å². The first-order valence-corrected chi connectivity index (χ1v) is 9.69. The van der Waals surface area contributed by atoms with Crippen LogP contribution in [0.1, 0.15) is 0 Å². The summed E-state index contributed by atoms with van der Waals surface area (Å²) in [5.41, 5.74) is 2.55. The lowest BCUT2D eigenvalue weighted by atomic mass is 9.99. The predicted molar refractivity (Wildman–Crippen MR) is 121 cm³/mol. The summed E-state index contributed by atoms with van der Waals surface area (Å²) < 4.78 is 5.29. The Bertz CT molecular complexity index is 1600. The summed E-state index contributed by atoms with van der Waals surface area (Å²) in [6.07, 6.45) is 0. The fourth-order valence-corrected chi connectivity index (χ4v) is 4.51. The van der Waals surface area contributed by atoms with Gasteiger partial charge in [-0.15, -0.1) is 0 Å². The monoisotopic (exact) mass is 389 g/mol. The molecule has 1 heterocycles. The molecular weight excluding hydrogens is 374 g/mol. The highest BCUT2D eigenvalue weighted by atomic mass is 16.5. The predicted octanol–water partition coefficient (Wildman–Crippen LogP) is 4.97. The maximum atomic E-state index is 13.4. The van der Waals surface area contributed by atoms with Gasteiger partial charge in [-0.05, 0) is 17.7 Å². The molecule has 0 N–H and O–H groups in total. The Morgan fingerprint density at radius 1 is 0.633 bits per heavy atom. The highest BCUT2D eigenvalue weighted by molar-refractivity contribution is 6.24. The molecule has 142 valence electrons. The number of fused-ring (bicyclic) bond motifs is 6. The van der Waals surface area contributed by atoms with Gasteiger partial charge < -0.3 is 4.74 Å². The molecule has 4 heteroatoms. The second-order valence-corrected chi connectivity index (χ2v) is 7.41. The number of hydrogen-bond acceptors (Lipinski definition) is 4. The smallest absolute Gasteiger partial charge is 0.196 e. The van der Waals surface area contributed by atoms with Crippen LogP contribution in [0.15, 0.2) is 82.4 Å². The number of rotatable bonds is 2. The summed E-state index contributed by atoms with van der Waals surface area (Å²) in [6.45, 7) is 0. The van der Waals surface area contributed by atoms with Gasteiger partial charge in [-0.25, -0.2) is 4.98 Å². The maximum Gasteiger partial charge on any atom is 0.196 e. The molecular formula is C26H15NO3. The van der Waals surface area contributed by atoms with Crippen LogP contribution in [0, 0.1) is 0 Å². The molecule has 0 bridgehead atoms. The molecule has 6 rings (SSSR count). The molecule has 30 heavy (non-hydrogen) atoms. The van der Waals surface area contributed by atoms with E-state index in [0.29, 0.717) is 43.9 Å². The first kappa shape index (κ1) is 16.9. The number of pyridine rings is 1. The third-order valence-electron chi connectivity index (χ3n) is 5.88. The van der Waals surface area contributed by atoms with Gasteiger partial charge in [0.15, 0.2) is 10.9 Å². The molecule has 6 aromatic rings. The molecule has 0 saturated heterocycles. The third-order valence-corrected chi connectivity index (χ3v) is 5.88. The van der Waals surface area contributed by atoms with Crippen molar-refractivity contribution in [1.29, 1.82) is 0 Å². The number of ether oxygens (including phenoxy) is 1. The van der Waals surface area contributed by atoms with E-state index in [1.165, 1.54) is 0 Å². The molecule has 0 unspecified atom stereocenters. The highest BCUT2D eigenvalue weighted by Crippen LogP contribution is 2.38. The largest absolute Gasteiger partial charge is 0.497 e. The van der Waals surface area contributed by atoms with Gasteiger partial charge in [0, 0.05) is 27.1 Å². The Labute approximate surface area is 170 Å². The van der Waals surface area contributed by atoms with Crippen LogP contribution in [-0.2, 0) is 0 Å². The molecule has 0 radical (unpaired) electrons. The SMILES string of the molecule is COc1ccc(-c2c3c(=O)c4ccccc4c3nc3c2c(=O)c2ccccc23)cc1. The van der Waals surface area contributed by atoms with Crippen LogP contribution < -0.4 is 15.6 Å². The average Bonchev–Trinajstić information content (AvgIpc) is 3.25. The number of methoxy groups -OCH3 is 1. The van der Waals surface area contributed by atoms with E-state index in [9.17, 15) is 9.59 Å². The quantitative estimate of drug-likeness (QED) is 0.420. The Morgan fingerprint density at radius 2 is 1.10 bits per heavy atom.